The molecule has 0 aliphatic carbocycles. The Labute approximate surface area is 156 Å². The summed E-state index contributed by atoms with van der Waals surface area (Å²) >= 11 is 0. The molecule has 3 aromatic rings. The maximum absolute atomic E-state index is 12.6. The minimum Gasteiger partial charge on any atom is -0.463 e. The molecule has 7 heteroatoms. The molecule has 2 aromatic heterocycles. The molecular formula is C20H20N2O5. The lowest BCUT2D eigenvalue weighted by Crippen LogP contribution is -2.38. The van der Waals surface area contributed by atoms with E-state index in [1.165, 1.54) is 6.26 Å². The molecule has 1 unspecified atom stereocenters. The molecule has 27 heavy (non-hydrogen) atoms. The van der Waals surface area contributed by atoms with Crippen LogP contribution in [0, 0.1) is 0 Å². The number of furan rings is 1. The van der Waals surface area contributed by atoms with E-state index in [0.717, 1.165) is 0 Å². The quantitative estimate of drug-likeness (QED) is 0.645. The summed E-state index contributed by atoms with van der Waals surface area (Å²) in [5, 5.41) is 3.33. The molecule has 1 N–H and O–H groups in total. The van der Waals surface area contributed by atoms with E-state index in [9.17, 15) is 9.59 Å². The molecule has 0 aliphatic rings. The number of benzene rings is 1. The molecular weight excluding hydrogens is 348 g/mol. The van der Waals surface area contributed by atoms with Gasteiger partial charge in [0.1, 0.15) is 5.69 Å². The van der Waals surface area contributed by atoms with Crippen molar-refractivity contribution in [1.29, 1.82) is 0 Å². The summed E-state index contributed by atoms with van der Waals surface area (Å²) in [5.41, 5.74) is 1.48. The lowest BCUT2D eigenvalue weighted by atomic mass is 10.1. The number of hydrogen-bond acceptors (Lipinski definition) is 6. The van der Waals surface area contributed by atoms with Gasteiger partial charge < -0.3 is 19.2 Å². The highest BCUT2D eigenvalue weighted by Crippen LogP contribution is 2.25. The summed E-state index contributed by atoms with van der Waals surface area (Å²) < 4.78 is 15.5. The van der Waals surface area contributed by atoms with Crippen LogP contribution >= 0.6 is 0 Å². The van der Waals surface area contributed by atoms with Crippen molar-refractivity contribution in [2.45, 2.75) is 13.0 Å². The van der Waals surface area contributed by atoms with Crippen molar-refractivity contribution in [2.75, 3.05) is 20.3 Å². The Bertz CT molecular complexity index is 937. The highest BCUT2D eigenvalue weighted by molar-refractivity contribution is 6.05. The van der Waals surface area contributed by atoms with Crippen LogP contribution in [0.4, 0.5) is 0 Å². The molecule has 0 fully saturated rings. The van der Waals surface area contributed by atoms with E-state index in [0.29, 0.717) is 34.5 Å². The summed E-state index contributed by atoms with van der Waals surface area (Å²) in [4.78, 5) is 29.0. The number of ether oxygens (including phenoxy) is 2. The average Bonchev–Trinajstić information content (AvgIpc) is 3.20. The first-order valence-electron chi connectivity index (χ1n) is 8.47. The van der Waals surface area contributed by atoms with Gasteiger partial charge in [0.15, 0.2) is 12.4 Å². The smallest absolute Gasteiger partial charge is 0.339 e. The summed E-state index contributed by atoms with van der Waals surface area (Å²) in [5.74, 6) is -0.450. The van der Waals surface area contributed by atoms with Gasteiger partial charge in [0.25, 0.3) is 5.91 Å². The molecule has 1 amide bonds. The number of esters is 1. The van der Waals surface area contributed by atoms with Gasteiger partial charge in [0.05, 0.1) is 24.0 Å². The van der Waals surface area contributed by atoms with Crippen molar-refractivity contribution in [1.82, 2.24) is 10.3 Å². The molecule has 1 atom stereocenters. The Balaban J connectivity index is 1.80. The monoisotopic (exact) mass is 368 g/mol. The highest BCUT2D eigenvalue weighted by Gasteiger charge is 2.17. The number of pyridine rings is 1. The molecule has 3 rings (SSSR count). The van der Waals surface area contributed by atoms with Crippen molar-refractivity contribution in [3.05, 3.63) is 54.3 Å². The third-order valence-electron chi connectivity index (χ3n) is 3.87. The summed E-state index contributed by atoms with van der Waals surface area (Å²) in [6.07, 6.45) is 1.54. The number of aromatic nitrogens is 1. The van der Waals surface area contributed by atoms with E-state index in [1.807, 2.05) is 12.1 Å². The highest BCUT2D eigenvalue weighted by atomic mass is 16.5. The third-order valence-corrected chi connectivity index (χ3v) is 3.87. The zero-order valence-corrected chi connectivity index (χ0v) is 15.1. The van der Waals surface area contributed by atoms with Crippen molar-refractivity contribution >= 4 is 22.8 Å². The van der Waals surface area contributed by atoms with E-state index in [1.54, 1.807) is 44.4 Å². The first-order chi connectivity index (χ1) is 13.1. The van der Waals surface area contributed by atoms with Crippen molar-refractivity contribution in [2.24, 2.45) is 0 Å². The number of fused-ring (bicyclic) bond motifs is 1. The summed E-state index contributed by atoms with van der Waals surface area (Å²) in [6.45, 7) is 1.80. The molecule has 0 aliphatic heterocycles. The van der Waals surface area contributed by atoms with Crippen LogP contribution in [0.5, 0.6) is 0 Å². The van der Waals surface area contributed by atoms with Gasteiger partial charge in [-0.3, -0.25) is 4.79 Å². The molecule has 0 radical (unpaired) electrons. The first-order valence-corrected chi connectivity index (χ1v) is 8.47. The molecule has 140 valence electrons. The molecule has 1 aromatic carbocycles. The van der Waals surface area contributed by atoms with Crippen LogP contribution in [0.1, 0.15) is 17.3 Å². The fourth-order valence-electron chi connectivity index (χ4n) is 2.71. The number of para-hydroxylation sites is 1. The second-order valence-corrected chi connectivity index (χ2v) is 6.05. The van der Waals surface area contributed by atoms with E-state index < -0.39 is 11.9 Å². The Hall–Kier alpha value is -3.19. The lowest BCUT2D eigenvalue weighted by molar-refractivity contribution is -0.125. The maximum Gasteiger partial charge on any atom is 0.339 e. The van der Waals surface area contributed by atoms with Gasteiger partial charge in [0.2, 0.25) is 0 Å². The number of methoxy groups -OCH3 is 1. The maximum atomic E-state index is 12.6. The molecule has 0 saturated carbocycles. The minimum absolute atomic E-state index is 0.173. The van der Waals surface area contributed by atoms with Gasteiger partial charge in [-0.2, -0.15) is 0 Å². The normalized spacial score (nSPS) is 11.9. The van der Waals surface area contributed by atoms with Crippen molar-refractivity contribution < 1.29 is 23.5 Å². The Morgan fingerprint density at radius 1 is 1.22 bits per heavy atom. The van der Waals surface area contributed by atoms with Crippen LogP contribution in [-0.4, -0.2) is 43.2 Å². The number of amides is 1. The molecule has 0 saturated heterocycles. The number of rotatable bonds is 7. The number of carbonyl (C=O) groups is 2. The van der Waals surface area contributed by atoms with Crippen molar-refractivity contribution in [3.63, 3.8) is 0 Å². The fourth-order valence-corrected chi connectivity index (χ4v) is 2.71. The van der Waals surface area contributed by atoms with E-state index in [-0.39, 0.29) is 12.6 Å². The Morgan fingerprint density at radius 2 is 2.04 bits per heavy atom. The predicted molar refractivity (Wildman–Crippen MR) is 99.2 cm³/mol. The molecule has 0 bridgehead atoms. The van der Waals surface area contributed by atoms with Crippen LogP contribution in [0.3, 0.4) is 0 Å². The van der Waals surface area contributed by atoms with Gasteiger partial charge in [-0.25, -0.2) is 9.78 Å². The lowest BCUT2D eigenvalue weighted by Gasteiger charge is -2.13. The van der Waals surface area contributed by atoms with Crippen LogP contribution in [0.25, 0.3) is 22.4 Å². The second-order valence-electron chi connectivity index (χ2n) is 6.05. The topological polar surface area (TPSA) is 90.7 Å². The van der Waals surface area contributed by atoms with E-state index in [2.05, 4.69) is 10.3 Å². The average molecular weight is 368 g/mol. The number of hydrogen-bond donors (Lipinski definition) is 1. The van der Waals surface area contributed by atoms with Crippen LogP contribution in [0.15, 0.2) is 53.1 Å². The van der Waals surface area contributed by atoms with Crippen LogP contribution in [-0.2, 0) is 14.3 Å². The predicted octanol–water partition coefficient (Wildman–Crippen LogP) is 2.80. The summed E-state index contributed by atoms with van der Waals surface area (Å²) in [6, 6.07) is 12.2. The van der Waals surface area contributed by atoms with Gasteiger partial charge in [-0.1, -0.05) is 18.2 Å². The second kappa shape index (κ2) is 8.46. The molecule has 0 spiro atoms. The first kappa shape index (κ1) is 18.6. The minimum atomic E-state index is -0.601. The molecule has 7 nitrogen and oxygen atoms in total. The number of carbonyl (C=O) groups excluding carboxylic acids is 2. The summed E-state index contributed by atoms with van der Waals surface area (Å²) in [7, 11) is 1.55. The van der Waals surface area contributed by atoms with Crippen molar-refractivity contribution in [3.8, 4) is 11.5 Å². The number of nitrogens with zero attached hydrogens (tertiary/aromatic N) is 1. The zero-order chi connectivity index (χ0) is 19.2. The van der Waals surface area contributed by atoms with Gasteiger partial charge in [-0.05, 0) is 31.2 Å². The third kappa shape index (κ3) is 4.51. The Morgan fingerprint density at radius 3 is 2.78 bits per heavy atom. The van der Waals surface area contributed by atoms with E-state index >= 15 is 0 Å². The zero-order valence-electron chi connectivity index (χ0n) is 15.1. The van der Waals surface area contributed by atoms with Gasteiger partial charge >= 0.3 is 5.97 Å². The fraction of sp³-hybridized carbons (Fsp3) is 0.250. The largest absolute Gasteiger partial charge is 0.463 e. The van der Waals surface area contributed by atoms with Crippen LogP contribution in [0.2, 0.25) is 0 Å². The standard InChI is InChI=1S/C20H20N2O5/c1-13(11-25-2)21-19(23)12-27-20(24)15-10-17(18-8-5-9-26-18)22-16-7-4-3-6-14(15)16/h3-10,13H,11-12H2,1-2H3,(H,21,23). The number of nitrogens with one attached hydrogen (secondary N) is 1. The van der Waals surface area contributed by atoms with Gasteiger partial charge in [0, 0.05) is 18.5 Å². The van der Waals surface area contributed by atoms with E-state index in [4.69, 9.17) is 13.9 Å². The van der Waals surface area contributed by atoms with Crippen LogP contribution < -0.4 is 5.32 Å². The SMILES string of the molecule is COCC(C)NC(=O)COC(=O)c1cc(-c2ccco2)nc2ccccc12. The molecule has 2 heterocycles. The Kier molecular flexibility index (Phi) is 5.83. The van der Waals surface area contributed by atoms with Gasteiger partial charge in [-0.15, -0.1) is 0 Å².